The molecule has 76 valence electrons. The average molecular weight is 196 g/mol. The van der Waals surface area contributed by atoms with Gasteiger partial charge < -0.3 is 14.6 Å². The molecule has 0 aliphatic heterocycles. The fourth-order valence-corrected chi connectivity index (χ4v) is 0.914. The Hall–Kier alpha value is -1.55. The summed E-state index contributed by atoms with van der Waals surface area (Å²) in [5.74, 6) is 0.182. The first-order chi connectivity index (χ1) is 6.72. The van der Waals surface area contributed by atoms with Gasteiger partial charge in [-0.05, 0) is 17.7 Å². The highest BCUT2D eigenvalue weighted by Gasteiger charge is 1.96. The van der Waals surface area contributed by atoms with Gasteiger partial charge in [-0.3, -0.25) is 4.79 Å². The summed E-state index contributed by atoms with van der Waals surface area (Å²) in [6.45, 7) is 1.17. The number of aliphatic hydroxyl groups is 1. The van der Waals surface area contributed by atoms with Crippen LogP contribution in [0, 0.1) is 0 Å². The zero-order valence-corrected chi connectivity index (χ0v) is 7.90. The third-order valence-electron chi connectivity index (χ3n) is 1.57. The molecule has 1 aromatic rings. The van der Waals surface area contributed by atoms with Crippen LogP contribution in [-0.4, -0.2) is 17.9 Å². The molecular weight excluding hydrogens is 184 g/mol. The van der Waals surface area contributed by atoms with Crippen molar-refractivity contribution in [3.8, 4) is 5.75 Å². The lowest BCUT2D eigenvalue weighted by molar-refractivity contribution is -0.147. The minimum absolute atomic E-state index is 0.0369. The van der Waals surface area contributed by atoms with Crippen LogP contribution < -0.4 is 4.74 Å². The Kier molecular flexibility index (Phi) is 3.94. The molecule has 0 aliphatic carbocycles. The minimum atomic E-state index is -0.386. The fraction of sp³-hybridized carbons (Fsp3) is 0.300. The first-order valence-electron chi connectivity index (χ1n) is 4.18. The lowest BCUT2D eigenvalue weighted by atomic mass is 10.2. The molecule has 0 spiro atoms. The first kappa shape index (κ1) is 10.5. The van der Waals surface area contributed by atoms with E-state index in [1.807, 2.05) is 0 Å². The summed E-state index contributed by atoms with van der Waals surface area (Å²) in [4.78, 5) is 10.4. The lowest BCUT2D eigenvalue weighted by Crippen LogP contribution is -2.06. The van der Waals surface area contributed by atoms with Crippen molar-refractivity contribution in [1.29, 1.82) is 0 Å². The quantitative estimate of drug-likeness (QED) is 0.578. The highest BCUT2D eigenvalue weighted by molar-refractivity contribution is 5.65. The molecule has 1 aromatic carbocycles. The Morgan fingerprint density at radius 3 is 2.93 bits per heavy atom. The predicted octanol–water partition coefficient (Wildman–Crippen LogP) is 1.08. The van der Waals surface area contributed by atoms with E-state index in [2.05, 4.69) is 4.74 Å². The smallest absolute Gasteiger partial charge is 0.305 e. The van der Waals surface area contributed by atoms with Crippen LogP contribution in [-0.2, 0) is 16.1 Å². The van der Waals surface area contributed by atoms with Crippen LogP contribution in [0.5, 0.6) is 5.75 Å². The summed E-state index contributed by atoms with van der Waals surface area (Å²) in [6.07, 6.45) is 0. The lowest BCUT2D eigenvalue weighted by Gasteiger charge is -2.06. The number of hydrogen-bond donors (Lipinski definition) is 1. The van der Waals surface area contributed by atoms with E-state index in [1.54, 1.807) is 24.3 Å². The number of carbonyl (C=O) groups excluding carboxylic acids is 1. The Balaban J connectivity index is 2.46. The molecule has 0 saturated carbocycles. The van der Waals surface area contributed by atoms with Crippen molar-refractivity contribution in [2.24, 2.45) is 0 Å². The second-order valence-corrected chi connectivity index (χ2v) is 2.70. The van der Waals surface area contributed by atoms with Crippen molar-refractivity contribution in [3.05, 3.63) is 29.8 Å². The molecule has 14 heavy (non-hydrogen) atoms. The van der Waals surface area contributed by atoms with Crippen molar-refractivity contribution >= 4 is 5.97 Å². The number of rotatable bonds is 4. The van der Waals surface area contributed by atoms with E-state index >= 15 is 0 Å². The van der Waals surface area contributed by atoms with E-state index in [0.29, 0.717) is 5.75 Å². The Morgan fingerprint density at radius 1 is 1.50 bits per heavy atom. The molecule has 4 heteroatoms. The van der Waals surface area contributed by atoms with Crippen molar-refractivity contribution in [2.45, 2.75) is 13.5 Å². The molecule has 0 aliphatic rings. The van der Waals surface area contributed by atoms with Crippen molar-refractivity contribution in [3.63, 3.8) is 0 Å². The van der Waals surface area contributed by atoms with Gasteiger partial charge in [0.15, 0.2) is 0 Å². The first-order valence-corrected chi connectivity index (χ1v) is 4.18. The fourth-order valence-electron chi connectivity index (χ4n) is 0.914. The molecule has 0 heterocycles. The van der Waals surface area contributed by atoms with Crippen LogP contribution in [0.1, 0.15) is 12.5 Å². The second kappa shape index (κ2) is 5.24. The maximum atomic E-state index is 10.4. The zero-order valence-electron chi connectivity index (χ0n) is 7.90. The zero-order chi connectivity index (χ0) is 10.4. The van der Waals surface area contributed by atoms with Crippen LogP contribution >= 0.6 is 0 Å². The summed E-state index contributed by atoms with van der Waals surface area (Å²) in [6, 6.07) is 6.94. The monoisotopic (exact) mass is 196 g/mol. The third-order valence-corrected chi connectivity index (χ3v) is 1.57. The number of carbonyl (C=O) groups is 1. The number of hydrogen-bond acceptors (Lipinski definition) is 4. The van der Waals surface area contributed by atoms with E-state index in [-0.39, 0.29) is 19.4 Å². The highest BCUT2D eigenvalue weighted by Crippen LogP contribution is 2.12. The molecule has 0 atom stereocenters. The number of benzene rings is 1. The van der Waals surface area contributed by atoms with E-state index in [4.69, 9.17) is 9.84 Å². The van der Waals surface area contributed by atoms with Gasteiger partial charge >= 0.3 is 5.97 Å². The molecule has 0 fully saturated rings. The third kappa shape index (κ3) is 3.45. The molecule has 1 rings (SSSR count). The van der Waals surface area contributed by atoms with Crippen LogP contribution in [0.25, 0.3) is 0 Å². The molecule has 0 radical (unpaired) electrons. The van der Waals surface area contributed by atoms with E-state index < -0.39 is 0 Å². The summed E-state index contributed by atoms with van der Waals surface area (Å²) in [5, 5.41) is 8.83. The van der Waals surface area contributed by atoms with Crippen LogP contribution in [0.15, 0.2) is 24.3 Å². The van der Waals surface area contributed by atoms with Gasteiger partial charge in [0.25, 0.3) is 0 Å². The Morgan fingerprint density at radius 2 is 2.29 bits per heavy atom. The summed E-state index contributed by atoms with van der Waals surface area (Å²) < 4.78 is 9.70. The van der Waals surface area contributed by atoms with Crippen LogP contribution in [0.2, 0.25) is 0 Å². The van der Waals surface area contributed by atoms with E-state index in [1.165, 1.54) is 6.92 Å². The second-order valence-electron chi connectivity index (χ2n) is 2.70. The summed E-state index contributed by atoms with van der Waals surface area (Å²) in [5.41, 5.74) is 0.755. The van der Waals surface area contributed by atoms with Gasteiger partial charge in [-0.25, -0.2) is 0 Å². The van der Waals surface area contributed by atoms with Gasteiger partial charge in [-0.15, -0.1) is 0 Å². The molecule has 1 N–H and O–H groups in total. The van der Waals surface area contributed by atoms with Crippen LogP contribution in [0.3, 0.4) is 0 Å². The number of ether oxygens (including phenoxy) is 2. The van der Waals surface area contributed by atoms with Gasteiger partial charge in [0.2, 0.25) is 6.79 Å². The van der Waals surface area contributed by atoms with Gasteiger partial charge in [0.1, 0.15) is 5.75 Å². The van der Waals surface area contributed by atoms with Crippen LogP contribution in [0.4, 0.5) is 0 Å². The van der Waals surface area contributed by atoms with Crippen molar-refractivity contribution in [1.82, 2.24) is 0 Å². The maximum absolute atomic E-state index is 10.4. The minimum Gasteiger partial charge on any atom is -0.457 e. The summed E-state index contributed by atoms with van der Waals surface area (Å²) >= 11 is 0. The van der Waals surface area contributed by atoms with Gasteiger partial charge in [-0.2, -0.15) is 0 Å². The molecule has 0 unspecified atom stereocenters. The van der Waals surface area contributed by atoms with Crippen molar-refractivity contribution in [2.75, 3.05) is 6.79 Å². The van der Waals surface area contributed by atoms with Gasteiger partial charge in [-0.1, -0.05) is 12.1 Å². The number of aliphatic hydroxyl groups excluding tert-OH is 1. The largest absolute Gasteiger partial charge is 0.457 e. The maximum Gasteiger partial charge on any atom is 0.305 e. The predicted molar refractivity (Wildman–Crippen MR) is 49.6 cm³/mol. The Bertz CT molecular complexity index is 309. The molecule has 0 aromatic heterocycles. The SMILES string of the molecule is CC(=O)OCOc1cccc(CO)c1. The van der Waals surface area contributed by atoms with Gasteiger partial charge in [0, 0.05) is 6.92 Å². The van der Waals surface area contributed by atoms with E-state index in [0.717, 1.165) is 5.56 Å². The van der Waals surface area contributed by atoms with Gasteiger partial charge in [0.05, 0.1) is 6.61 Å². The molecular formula is C10H12O4. The topological polar surface area (TPSA) is 55.8 Å². The molecule has 0 bridgehead atoms. The average Bonchev–Trinajstić information content (AvgIpc) is 2.18. The van der Waals surface area contributed by atoms with E-state index in [9.17, 15) is 4.79 Å². The standard InChI is InChI=1S/C10H12O4/c1-8(12)13-7-14-10-4-2-3-9(5-10)6-11/h2-5,11H,6-7H2,1H3. The molecule has 4 nitrogen and oxygen atoms in total. The number of esters is 1. The Labute approximate surface area is 82.1 Å². The van der Waals surface area contributed by atoms with Crippen molar-refractivity contribution < 1.29 is 19.4 Å². The molecule has 0 amide bonds. The normalized spacial score (nSPS) is 9.57. The highest BCUT2D eigenvalue weighted by atomic mass is 16.7. The molecule has 0 saturated heterocycles. The summed E-state index contributed by atoms with van der Waals surface area (Å²) in [7, 11) is 0.